The molecule has 1 amide bonds. The lowest BCUT2D eigenvalue weighted by atomic mass is 10.0. The highest BCUT2D eigenvalue weighted by molar-refractivity contribution is 5.98. The van der Waals surface area contributed by atoms with Gasteiger partial charge in [0.15, 0.2) is 0 Å². The number of carbonyl (C=O) groups is 1. The van der Waals surface area contributed by atoms with Crippen molar-refractivity contribution in [3.8, 4) is 17.0 Å². The quantitative estimate of drug-likeness (QED) is 0.514. The maximum Gasteiger partial charge on any atom is 0.228 e. The van der Waals surface area contributed by atoms with Crippen LogP contribution in [0.5, 0.6) is 5.88 Å². The fourth-order valence-electron chi connectivity index (χ4n) is 3.94. The number of ether oxygens (including phenoxy) is 1. The van der Waals surface area contributed by atoms with E-state index in [-0.39, 0.29) is 17.7 Å². The van der Waals surface area contributed by atoms with Gasteiger partial charge in [0, 0.05) is 35.6 Å². The van der Waals surface area contributed by atoms with Gasteiger partial charge in [0.05, 0.1) is 7.11 Å². The summed E-state index contributed by atoms with van der Waals surface area (Å²) in [6.45, 7) is 0. The van der Waals surface area contributed by atoms with E-state index in [1.165, 1.54) is 5.56 Å². The molecule has 4 aromatic rings. The highest BCUT2D eigenvalue weighted by atomic mass is 16.5. The number of fused-ring (bicyclic) bond motifs is 1. The SMILES string of the molecule is COc1nccc2cc(NC(=O)C3C[C@H]3c3ccc(-c4cccnc4)cc3)ccc12. The third-order valence-electron chi connectivity index (χ3n) is 5.65. The highest BCUT2D eigenvalue weighted by Crippen LogP contribution is 2.48. The van der Waals surface area contributed by atoms with Gasteiger partial charge in [-0.25, -0.2) is 4.98 Å². The number of pyridine rings is 2. The summed E-state index contributed by atoms with van der Waals surface area (Å²) in [4.78, 5) is 21.1. The molecule has 0 spiro atoms. The van der Waals surface area contributed by atoms with Gasteiger partial charge in [-0.2, -0.15) is 0 Å². The number of hydrogen-bond donors (Lipinski definition) is 1. The minimum atomic E-state index is 0.0110. The first kappa shape index (κ1) is 18.3. The predicted molar refractivity (Wildman–Crippen MR) is 117 cm³/mol. The van der Waals surface area contributed by atoms with Crippen molar-refractivity contribution in [2.45, 2.75) is 12.3 Å². The van der Waals surface area contributed by atoms with Crippen LogP contribution in [-0.2, 0) is 4.79 Å². The minimum absolute atomic E-state index is 0.0110. The summed E-state index contributed by atoms with van der Waals surface area (Å²) in [5.41, 5.74) is 4.22. The molecule has 0 radical (unpaired) electrons. The van der Waals surface area contributed by atoms with E-state index in [2.05, 4.69) is 39.6 Å². The Bertz CT molecular complexity index is 1210. The molecule has 1 aliphatic rings. The average molecular weight is 395 g/mol. The lowest BCUT2D eigenvalue weighted by Gasteiger charge is -2.08. The molecule has 1 unspecified atom stereocenters. The standard InChI is InChI=1S/C25H21N3O2/c1-30-25-21-9-8-20(13-18(21)10-12-27-25)28-24(29)23-14-22(23)17-6-4-16(5-7-17)19-3-2-11-26-15-19/h2-13,15,22-23H,14H2,1H3,(H,28,29)/t22-,23?/m0/s1. The monoisotopic (exact) mass is 395 g/mol. The van der Waals surface area contributed by atoms with Crippen LogP contribution < -0.4 is 10.1 Å². The van der Waals surface area contributed by atoms with E-state index in [0.717, 1.165) is 34.0 Å². The Morgan fingerprint density at radius 2 is 1.90 bits per heavy atom. The van der Waals surface area contributed by atoms with E-state index in [0.29, 0.717) is 5.88 Å². The van der Waals surface area contributed by atoms with Gasteiger partial charge in [-0.3, -0.25) is 9.78 Å². The zero-order valence-electron chi connectivity index (χ0n) is 16.6. The van der Waals surface area contributed by atoms with Gasteiger partial charge in [-0.1, -0.05) is 30.3 Å². The van der Waals surface area contributed by atoms with Crippen LogP contribution in [0.4, 0.5) is 5.69 Å². The maximum absolute atomic E-state index is 12.7. The summed E-state index contributed by atoms with van der Waals surface area (Å²) in [6.07, 6.45) is 6.22. The first-order chi connectivity index (χ1) is 14.7. The number of methoxy groups -OCH3 is 1. The number of anilines is 1. The van der Waals surface area contributed by atoms with Crippen molar-refractivity contribution in [2.24, 2.45) is 5.92 Å². The Morgan fingerprint density at radius 1 is 1.03 bits per heavy atom. The zero-order chi connectivity index (χ0) is 20.5. The Kier molecular flexibility index (Phi) is 4.64. The van der Waals surface area contributed by atoms with Crippen LogP contribution in [0.15, 0.2) is 79.3 Å². The molecule has 1 fully saturated rings. The number of nitrogens with zero attached hydrogens (tertiary/aromatic N) is 2. The molecule has 1 N–H and O–H groups in total. The summed E-state index contributed by atoms with van der Waals surface area (Å²) < 4.78 is 5.29. The number of benzene rings is 2. The first-order valence-corrected chi connectivity index (χ1v) is 9.97. The van der Waals surface area contributed by atoms with Crippen LogP contribution in [0.1, 0.15) is 17.9 Å². The van der Waals surface area contributed by atoms with Gasteiger partial charge >= 0.3 is 0 Å². The fourth-order valence-corrected chi connectivity index (χ4v) is 3.94. The van der Waals surface area contributed by atoms with E-state index in [4.69, 9.17) is 4.74 Å². The van der Waals surface area contributed by atoms with Crippen LogP contribution in [-0.4, -0.2) is 23.0 Å². The maximum atomic E-state index is 12.7. The Balaban J connectivity index is 1.27. The molecule has 5 heteroatoms. The summed E-state index contributed by atoms with van der Waals surface area (Å²) in [7, 11) is 1.61. The largest absolute Gasteiger partial charge is 0.481 e. The summed E-state index contributed by atoms with van der Waals surface area (Å²) in [5, 5.41) is 4.97. The van der Waals surface area contributed by atoms with Crippen LogP contribution in [0.3, 0.4) is 0 Å². The molecular formula is C25H21N3O2. The van der Waals surface area contributed by atoms with Crippen molar-refractivity contribution in [1.29, 1.82) is 0 Å². The number of carbonyl (C=O) groups excluding carboxylic acids is 1. The number of hydrogen-bond acceptors (Lipinski definition) is 4. The topological polar surface area (TPSA) is 64.1 Å². The van der Waals surface area contributed by atoms with E-state index in [1.807, 2.05) is 42.6 Å². The second-order valence-electron chi connectivity index (χ2n) is 7.56. The van der Waals surface area contributed by atoms with Crippen LogP contribution in [0, 0.1) is 5.92 Å². The first-order valence-electron chi connectivity index (χ1n) is 9.97. The molecule has 5 rings (SSSR count). The average Bonchev–Trinajstić information content (AvgIpc) is 3.60. The molecule has 30 heavy (non-hydrogen) atoms. The molecule has 1 saturated carbocycles. The van der Waals surface area contributed by atoms with Crippen molar-refractivity contribution < 1.29 is 9.53 Å². The molecule has 2 heterocycles. The van der Waals surface area contributed by atoms with Crippen LogP contribution in [0.25, 0.3) is 21.9 Å². The van der Waals surface area contributed by atoms with Gasteiger partial charge < -0.3 is 10.1 Å². The van der Waals surface area contributed by atoms with Gasteiger partial charge in [0.2, 0.25) is 11.8 Å². The molecule has 148 valence electrons. The molecular weight excluding hydrogens is 374 g/mol. The summed E-state index contributed by atoms with van der Waals surface area (Å²) in [5.74, 6) is 0.939. The van der Waals surface area contributed by atoms with E-state index < -0.39 is 0 Å². The molecule has 2 aromatic heterocycles. The van der Waals surface area contributed by atoms with Crippen molar-refractivity contribution in [3.05, 3.63) is 84.8 Å². The predicted octanol–water partition coefficient (Wildman–Crippen LogP) is 5.05. The summed E-state index contributed by atoms with van der Waals surface area (Å²) in [6, 6.07) is 20.1. The van der Waals surface area contributed by atoms with Crippen molar-refractivity contribution in [2.75, 3.05) is 12.4 Å². The molecule has 1 aliphatic carbocycles. The van der Waals surface area contributed by atoms with Crippen LogP contribution in [0.2, 0.25) is 0 Å². The lowest BCUT2D eigenvalue weighted by molar-refractivity contribution is -0.117. The number of aromatic nitrogens is 2. The minimum Gasteiger partial charge on any atom is -0.481 e. The van der Waals surface area contributed by atoms with E-state index in [1.54, 1.807) is 19.5 Å². The highest BCUT2D eigenvalue weighted by Gasteiger charge is 2.43. The van der Waals surface area contributed by atoms with Crippen LogP contribution >= 0.6 is 0 Å². The summed E-state index contributed by atoms with van der Waals surface area (Å²) >= 11 is 0. The Morgan fingerprint density at radius 3 is 2.67 bits per heavy atom. The molecule has 0 aliphatic heterocycles. The van der Waals surface area contributed by atoms with Crippen molar-refractivity contribution >= 4 is 22.4 Å². The molecule has 2 aromatic carbocycles. The van der Waals surface area contributed by atoms with Crippen molar-refractivity contribution in [1.82, 2.24) is 9.97 Å². The van der Waals surface area contributed by atoms with Gasteiger partial charge in [0.25, 0.3) is 0 Å². The van der Waals surface area contributed by atoms with Gasteiger partial charge in [-0.05, 0) is 64.7 Å². The number of nitrogens with one attached hydrogen (secondary N) is 1. The van der Waals surface area contributed by atoms with E-state index in [9.17, 15) is 4.79 Å². The Hall–Kier alpha value is -3.73. The smallest absolute Gasteiger partial charge is 0.228 e. The fraction of sp³-hybridized carbons (Fsp3) is 0.160. The van der Waals surface area contributed by atoms with E-state index >= 15 is 0 Å². The second kappa shape index (κ2) is 7.59. The third-order valence-corrected chi connectivity index (χ3v) is 5.65. The second-order valence-corrected chi connectivity index (χ2v) is 7.56. The molecule has 2 atom stereocenters. The van der Waals surface area contributed by atoms with Gasteiger partial charge in [-0.15, -0.1) is 0 Å². The molecule has 0 saturated heterocycles. The third kappa shape index (κ3) is 3.50. The number of amides is 1. The normalized spacial score (nSPS) is 17.5. The van der Waals surface area contributed by atoms with Crippen molar-refractivity contribution in [3.63, 3.8) is 0 Å². The molecule has 0 bridgehead atoms. The number of rotatable bonds is 5. The van der Waals surface area contributed by atoms with Gasteiger partial charge in [0.1, 0.15) is 0 Å². The lowest BCUT2D eigenvalue weighted by Crippen LogP contribution is -2.14. The zero-order valence-corrected chi connectivity index (χ0v) is 16.6. The molecule has 5 nitrogen and oxygen atoms in total. The Labute approximate surface area is 174 Å².